The number of methoxy groups -OCH3 is 1. The average molecular weight is 369 g/mol. The number of hydrogen-bond acceptors (Lipinski definition) is 5. The Balaban J connectivity index is 4.33. The quantitative estimate of drug-likeness (QED) is 0.366. The highest BCUT2D eigenvalue weighted by Gasteiger charge is 2.39. The first-order chi connectivity index (χ1) is 10.2. The van der Waals surface area contributed by atoms with E-state index in [0.29, 0.717) is 0 Å². The number of rotatable bonds is 13. The Morgan fingerprint density at radius 2 is 1.09 bits per heavy atom. The van der Waals surface area contributed by atoms with Crippen molar-refractivity contribution in [3.05, 3.63) is 0 Å². The Bertz CT molecular complexity index is 288. The molecule has 0 aromatic carbocycles. The molecule has 0 aromatic rings. The molecule has 0 amide bonds. The molecule has 0 bridgehead atoms. The first kappa shape index (κ1) is 22.5. The third-order valence-electron chi connectivity index (χ3n) is 3.87. The van der Waals surface area contributed by atoms with Crippen LogP contribution in [0, 0.1) is 0 Å². The molecular weight excluding hydrogens is 332 g/mol. The van der Waals surface area contributed by atoms with E-state index in [-0.39, 0.29) is 0 Å². The molecule has 0 rings (SSSR count). The van der Waals surface area contributed by atoms with Crippen molar-refractivity contribution >= 4 is 25.4 Å². The highest BCUT2D eigenvalue weighted by Crippen LogP contribution is 2.26. The van der Waals surface area contributed by atoms with E-state index in [9.17, 15) is 0 Å². The maximum atomic E-state index is 6.60. The molecule has 0 heterocycles. The monoisotopic (exact) mass is 368 g/mol. The number of ether oxygens (including phenoxy) is 1. The van der Waals surface area contributed by atoms with Gasteiger partial charge in [-0.3, -0.25) is 0 Å². The molecule has 8 heteroatoms. The van der Waals surface area contributed by atoms with Gasteiger partial charge < -0.3 is 22.1 Å². The van der Waals surface area contributed by atoms with Gasteiger partial charge in [-0.05, 0) is 51.1 Å². The molecule has 0 atom stereocenters. The van der Waals surface area contributed by atoms with Crippen LogP contribution in [0.1, 0.15) is 12.8 Å². The van der Waals surface area contributed by atoms with Crippen molar-refractivity contribution < 1.29 is 22.1 Å². The molecular formula is C14H36O5Si3. The van der Waals surface area contributed by atoms with Crippen LogP contribution in [-0.2, 0) is 22.1 Å². The van der Waals surface area contributed by atoms with Gasteiger partial charge in [0.25, 0.3) is 0 Å². The molecule has 0 unspecified atom stereocenters. The summed E-state index contributed by atoms with van der Waals surface area (Å²) in [4.78, 5) is 0. The second-order valence-corrected chi connectivity index (χ2v) is 18.8. The maximum Gasteiger partial charge on any atom is 0.500 e. The van der Waals surface area contributed by atoms with E-state index in [1.54, 1.807) is 28.4 Å². The number of hydrogen-bond donors (Lipinski definition) is 0. The van der Waals surface area contributed by atoms with Crippen molar-refractivity contribution in [2.45, 2.75) is 57.2 Å². The molecule has 0 aliphatic heterocycles. The van der Waals surface area contributed by atoms with Gasteiger partial charge in [0.15, 0.2) is 16.6 Å². The lowest BCUT2D eigenvalue weighted by Gasteiger charge is -2.34. The highest BCUT2D eigenvalue weighted by molar-refractivity contribution is 6.84. The van der Waals surface area contributed by atoms with Gasteiger partial charge in [0, 0.05) is 41.1 Å². The van der Waals surface area contributed by atoms with Crippen LogP contribution >= 0.6 is 0 Å². The first-order valence-corrected chi connectivity index (χ1v) is 16.2. The molecule has 22 heavy (non-hydrogen) atoms. The van der Waals surface area contributed by atoms with Gasteiger partial charge in [0.1, 0.15) is 0 Å². The second kappa shape index (κ2) is 10.3. The normalized spacial score (nSPS) is 13.6. The minimum absolute atomic E-state index is 0.825. The van der Waals surface area contributed by atoms with Crippen LogP contribution in [0.15, 0.2) is 0 Å². The summed E-state index contributed by atoms with van der Waals surface area (Å²) in [5.41, 5.74) is 0. The zero-order chi connectivity index (χ0) is 17.3. The molecule has 0 radical (unpaired) electrons. The summed E-state index contributed by atoms with van der Waals surface area (Å²) in [6, 6.07) is 3.12. The molecule has 0 saturated carbocycles. The minimum atomic E-state index is -2.44. The van der Waals surface area contributed by atoms with Gasteiger partial charge in [-0.15, -0.1) is 0 Å². The lowest BCUT2D eigenvalue weighted by Crippen LogP contribution is -2.46. The van der Waals surface area contributed by atoms with Crippen LogP contribution in [0.25, 0.3) is 0 Å². The van der Waals surface area contributed by atoms with Crippen molar-refractivity contribution in [2.75, 3.05) is 35.0 Å². The third-order valence-corrected chi connectivity index (χ3v) is 14.2. The van der Waals surface area contributed by atoms with Crippen molar-refractivity contribution in [3.8, 4) is 0 Å². The summed E-state index contributed by atoms with van der Waals surface area (Å²) < 4.78 is 28.2. The van der Waals surface area contributed by atoms with E-state index in [1.165, 1.54) is 0 Å². The smallest absolute Gasteiger partial charge is 0.455 e. The maximum absolute atomic E-state index is 6.60. The van der Waals surface area contributed by atoms with Crippen LogP contribution in [-0.4, -0.2) is 60.5 Å². The SMILES string of the molecule is COCCC[Si](C)(C)O[Si](C)(C)CCC[Si](OC)(OC)OC. The van der Waals surface area contributed by atoms with Gasteiger partial charge in [0.2, 0.25) is 0 Å². The summed E-state index contributed by atoms with van der Waals surface area (Å²) in [6.07, 6.45) is 2.12. The molecule has 5 nitrogen and oxygen atoms in total. The van der Waals surface area contributed by atoms with Crippen molar-refractivity contribution in [1.29, 1.82) is 0 Å². The van der Waals surface area contributed by atoms with E-state index >= 15 is 0 Å². The largest absolute Gasteiger partial charge is 0.500 e. The van der Waals surface area contributed by atoms with E-state index in [2.05, 4.69) is 26.2 Å². The molecule has 0 N–H and O–H groups in total. The van der Waals surface area contributed by atoms with Crippen molar-refractivity contribution in [2.24, 2.45) is 0 Å². The van der Waals surface area contributed by atoms with Crippen LogP contribution in [0.2, 0.25) is 44.3 Å². The lowest BCUT2D eigenvalue weighted by molar-refractivity contribution is 0.123. The molecule has 0 spiro atoms. The molecule has 134 valence electrons. The zero-order valence-corrected chi connectivity index (χ0v) is 18.8. The van der Waals surface area contributed by atoms with Crippen molar-refractivity contribution in [3.63, 3.8) is 0 Å². The van der Waals surface area contributed by atoms with E-state index in [1.807, 2.05) is 0 Å². The lowest BCUT2D eigenvalue weighted by atomic mass is 10.5. The van der Waals surface area contributed by atoms with E-state index in [4.69, 9.17) is 22.1 Å². The fourth-order valence-corrected chi connectivity index (χ4v) is 13.7. The zero-order valence-electron chi connectivity index (χ0n) is 15.8. The van der Waals surface area contributed by atoms with Gasteiger partial charge >= 0.3 is 8.80 Å². The predicted molar refractivity (Wildman–Crippen MR) is 98.4 cm³/mol. The topological polar surface area (TPSA) is 46.2 Å². The van der Waals surface area contributed by atoms with Crippen LogP contribution in [0.3, 0.4) is 0 Å². The molecule has 0 aliphatic rings. The van der Waals surface area contributed by atoms with Crippen LogP contribution in [0.5, 0.6) is 0 Å². The van der Waals surface area contributed by atoms with Gasteiger partial charge in [-0.25, -0.2) is 0 Å². The highest BCUT2D eigenvalue weighted by atomic mass is 28.4. The van der Waals surface area contributed by atoms with Crippen LogP contribution in [0.4, 0.5) is 0 Å². The van der Waals surface area contributed by atoms with E-state index < -0.39 is 25.4 Å². The Morgan fingerprint density at radius 1 is 0.636 bits per heavy atom. The van der Waals surface area contributed by atoms with E-state index in [0.717, 1.165) is 37.6 Å². The summed E-state index contributed by atoms with van der Waals surface area (Å²) in [7, 11) is 1.07. The predicted octanol–water partition coefficient (Wildman–Crippen LogP) is 3.72. The Hall–Kier alpha value is 0.451. The van der Waals surface area contributed by atoms with Gasteiger partial charge in [-0.1, -0.05) is 0 Å². The molecule has 0 saturated heterocycles. The molecule has 0 aromatic heterocycles. The summed E-state index contributed by atoms with van der Waals surface area (Å²) in [6.45, 7) is 10.1. The Morgan fingerprint density at radius 3 is 1.50 bits per heavy atom. The Labute approximate surface area is 140 Å². The summed E-state index contributed by atoms with van der Waals surface area (Å²) in [5.74, 6) is 0. The fourth-order valence-electron chi connectivity index (χ4n) is 2.78. The summed E-state index contributed by atoms with van der Waals surface area (Å²) >= 11 is 0. The summed E-state index contributed by atoms with van der Waals surface area (Å²) in [5, 5.41) is 0. The van der Waals surface area contributed by atoms with Crippen molar-refractivity contribution in [1.82, 2.24) is 0 Å². The average Bonchev–Trinajstić information content (AvgIpc) is 2.43. The standard InChI is InChI=1S/C14H36O5Si3/c1-15-11-9-12-20(5,6)19-21(7,8)13-10-14-22(16-2,17-3)18-4/h9-14H2,1-8H3. The van der Waals surface area contributed by atoms with Gasteiger partial charge in [0.05, 0.1) is 0 Å². The van der Waals surface area contributed by atoms with Crippen LogP contribution < -0.4 is 0 Å². The first-order valence-electron chi connectivity index (χ1n) is 8.00. The van der Waals surface area contributed by atoms with Gasteiger partial charge in [-0.2, -0.15) is 0 Å². The second-order valence-electron chi connectivity index (χ2n) is 6.87. The molecule has 0 aliphatic carbocycles. The molecule has 0 fully saturated rings. The minimum Gasteiger partial charge on any atom is -0.455 e. The Kier molecular flexibility index (Phi) is 10.6. The third kappa shape index (κ3) is 8.92. The fraction of sp³-hybridized carbons (Fsp3) is 1.00.